The number of benzene rings is 1. The van der Waals surface area contributed by atoms with Crippen LogP contribution in [0.5, 0.6) is 0 Å². The zero-order valence-electron chi connectivity index (χ0n) is 12.4. The van der Waals surface area contributed by atoms with Crippen molar-refractivity contribution < 1.29 is 0 Å². The topological polar surface area (TPSA) is 34.0 Å². The summed E-state index contributed by atoms with van der Waals surface area (Å²) in [5, 5.41) is 3.29. The molecular weight excluding hydrogens is 248 g/mol. The molecule has 0 spiro atoms. The van der Waals surface area contributed by atoms with Crippen LogP contribution in [0.2, 0.25) is 0 Å². The van der Waals surface area contributed by atoms with Gasteiger partial charge < -0.3 is 9.88 Å². The molecule has 0 amide bonds. The Bertz CT molecular complexity index is 644. The van der Waals surface area contributed by atoms with Crippen LogP contribution in [0, 0.1) is 13.8 Å². The summed E-state index contributed by atoms with van der Waals surface area (Å²) in [5.74, 6) is 0. The van der Waals surface area contributed by atoms with E-state index >= 15 is 0 Å². The van der Waals surface area contributed by atoms with Crippen LogP contribution in [0.1, 0.15) is 30.2 Å². The molecule has 1 heterocycles. The number of aromatic nitrogens is 1. The van der Waals surface area contributed by atoms with Crippen LogP contribution in [0.15, 0.2) is 41.3 Å². The molecule has 0 saturated heterocycles. The highest BCUT2D eigenvalue weighted by molar-refractivity contribution is 5.38. The number of hydrogen-bond acceptors (Lipinski definition) is 2. The zero-order valence-corrected chi connectivity index (χ0v) is 12.4. The molecular formula is C17H22N2O. The van der Waals surface area contributed by atoms with E-state index in [0.717, 1.165) is 29.9 Å². The molecule has 20 heavy (non-hydrogen) atoms. The van der Waals surface area contributed by atoms with Crippen LogP contribution in [0.4, 0.5) is 0 Å². The zero-order chi connectivity index (χ0) is 14.5. The van der Waals surface area contributed by atoms with Crippen LogP contribution in [-0.4, -0.2) is 11.1 Å². The van der Waals surface area contributed by atoms with Crippen LogP contribution >= 0.6 is 0 Å². The molecule has 1 N–H and O–H groups in total. The van der Waals surface area contributed by atoms with Crippen molar-refractivity contribution in [3.05, 3.63) is 63.6 Å². The third kappa shape index (κ3) is 3.36. The molecule has 0 saturated carbocycles. The smallest absolute Gasteiger partial charge is 0.186 e. The first kappa shape index (κ1) is 14.5. The summed E-state index contributed by atoms with van der Waals surface area (Å²) in [6.45, 7) is 7.71. The Kier molecular flexibility index (Phi) is 4.74. The summed E-state index contributed by atoms with van der Waals surface area (Å²) < 4.78 is 2.08. The summed E-state index contributed by atoms with van der Waals surface area (Å²) in [6.07, 6.45) is 3.02. The Morgan fingerprint density at radius 2 is 2.00 bits per heavy atom. The lowest BCUT2D eigenvalue weighted by molar-refractivity contribution is 0.668. The van der Waals surface area contributed by atoms with Gasteiger partial charge in [-0.3, -0.25) is 4.79 Å². The molecule has 1 aromatic heterocycles. The Labute approximate surface area is 120 Å². The molecule has 0 bridgehead atoms. The van der Waals surface area contributed by atoms with Crippen LogP contribution in [-0.2, 0) is 6.54 Å². The number of pyridine rings is 1. The van der Waals surface area contributed by atoms with Crippen molar-refractivity contribution in [2.24, 2.45) is 0 Å². The third-order valence-corrected chi connectivity index (χ3v) is 3.34. The number of nitrogens with one attached hydrogen (secondary N) is 1. The first-order chi connectivity index (χ1) is 9.61. The average molecular weight is 270 g/mol. The minimum atomic E-state index is 0.106. The standard InChI is InChI=1S/C17H22N2O/c1-4-8-18-11-15-12-19(14(3)10-17(15)20)16-7-5-6-13(2)9-16/h5-7,9-10,12,18H,4,8,11H2,1-3H3. The fraction of sp³-hybridized carbons (Fsp3) is 0.353. The molecule has 0 radical (unpaired) electrons. The van der Waals surface area contributed by atoms with Gasteiger partial charge in [0.2, 0.25) is 0 Å². The summed E-state index contributed by atoms with van der Waals surface area (Å²) in [4.78, 5) is 12.0. The Hall–Kier alpha value is -1.87. The molecule has 3 nitrogen and oxygen atoms in total. The number of hydrogen-bond donors (Lipinski definition) is 1. The Morgan fingerprint density at radius 1 is 1.20 bits per heavy atom. The number of rotatable bonds is 5. The normalized spacial score (nSPS) is 10.8. The summed E-state index contributed by atoms with van der Waals surface area (Å²) in [5.41, 5.74) is 4.19. The van der Waals surface area contributed by atoms with E-state index in [0.29, 0.717) is 6.54 Å². The fourth-order valence-corrected chi connectivity index (χ4v) is 2.26. The highest BCUT2D eigenvalue weighted by atomic mass is 16.1. The fourth-order valence-electron chi connectivity index (χ4n) is 2.26. The maximum absolute atomic E-state index is 12.0. The second-order valence-corrected chi connectivity index (χ2v) is 5.19. The van der Waals surface area contributed by atoms with E-state index in [2.05, 4.69) is 41.9 Å². The predicted octanol–water partition coefficient (Wildman–Crippen LogP) is 2.95. The van der Waals surface area contributed by atoms with Crippen LogP contribution in [0.25, 0.3) is 5.69 Å². The summed E-state index contributed by atoms with van der Waals surface area (Å²) in [7, 11) is 0. The van der Waals surface area contributed by atoms with Gasteiger partial charge in [0.15, 0.2) is 5.43 Å². The van der Waals surface area contributed by atoms with Gasteiger partial charge in [-0.2, -0.15) is 0 Å². The number of nitrogens with zero attached hydrogens (tertiary/aromatic N) is 1. The molecule has 106 valence electrons. The molecule has 0 aliphatic carbocycles. The lowest BCUT2D eigenvalue weighted by Gasteiger charge is -2.13. The molecule has 0 unspecified atom stereocenters. The van der Waals surface area contributed by atoms with Crippen LogP contribution < -0.4 is 10.7 Å². The van der Waals surface area contributed by atoms with Crippen molar-refractivity contribution in [3.63, 3.8) is 0 Å². The monoisotopic (exact) mass is 270 g/mol. The van der Waals surface area contributed by atoms with Gasteiger partial charge in [0.05, 0.1) is 0 Å². The van der Waals surface area contributed by atoms with E-state index in [1.807, 2.05) is 19.2 Å². The Morgan fingerprint density at radius 3 is 2.70 bits per heavy atom. The van der Waals surface area contributed by atoms with Crippen molar-refractivity contribution in [1.29, 1.82) is 0 Å². The van der Waals surface area contributed by atoms with Gasteiger partial charge in [0.25, 0.3) is 0 Å². The third-order valence-electron chi connectivity index (χ3n) is 3.34. The molecule has 0 atom stereocenters. The minimum absolute atomic E-state index is 0.106. The minimum Gasteiger partial charge on any atom is -0.321 e. The molecule has 2 rings (SSSR count). The van der Waals surface area contributed by atoms with E-state index in [9.17, 15) is 4.79 Å². The van der Waals surface area contributed by atoms with E-state index in [1.54, 1.807) is 6.07 Å². The van der Waals surface area contributed by atoms with E-state index < -0.39 is 0 Å². The molecule has 0 aliphatic heterocycles. The maximum atomic E-state index is 12.0. The molecule has 0 aliphatic rings. The molecule has 1 aromatic carbocycles. The van der Waals surface area contributed by atoms with Gasteiger partial charge in [-0.05, 0) is 44.5 Å². The maximum Gasteiger partial charge on any atom is 0.186 e. The highest BCUT2D eigenvalue weighted by Gasteiger charge is 2.05. The van der Waals surface area contributed by atoms with Gasteiger partial charge in [-0.15, -0.1) is 0 Å². The van der Waals surface area contributed by atoms with Gasteiger partial charge in [-0.25, -0.2) is 0 Å². The second-order valence-electron chi connectivity index (χ2n) is 5.19. The summed E-state index contributed by atoms with van der Waals surface area (Å²) >= 11 is 0. The Balaban J connectivity index is 2.38. The SMILES string of the molecule is CCCNCc1cn(-c2cccc(C)c2)c(C)cc1=O. The lowest BCUT2D eigenvalue weighted by atomic mass is 10.2. The van der Waals surface area contributed by atoms with E-state index in [1.165, 1.54) is 5.56 Å². The average Bonchev–Trinajstić information content (AvgIpc) is 2.41. The quantitative estimate of drug-likeness (QED) is 0.848. The first-order valence-electron chi connectivity index (χ1n) is 7.11. The summed E-state index contributed by atoms with van der Waals surface area (Å²) in [6, 6.07) is 10.0. The first-order valence-corrected chi connectivity index (χ1v) is 7.11. The van der Waals surface area contributed by atoms with Crippen molar-refractivity contribution in [3.8, 4) is 5.69 Å². The predicted molar refractivity (Wildman–Crippen MR) is 83.5 cm³/mol. The number of aryl methyl sites for hydroxylation is 2. The van der Waals surface area contributed by atoms with Gasteiger partial charge in [0.1, 0.15) is 0 Å². The molecule has 0 fully saturated rings. The van der Waals surface area contributed by atoms with Crippen molar-refractivity contribution in [2.75, 3.05) is 6.54 Å². The second kappa shape index (κ2) is 6.53. The van der Waals surface area contributed by atoms with E-state index in [4.69, 9.17) is 0 Å². The van der Waals surface area contributed by atoms with Crippen molar-refractivity contribution in [2.45, 2.75) is 33.7 Å². The van der Waals surface area contributed by atoms with Crippen molar-refractivity contribution in [1.82, 2.24) is 9.88 Å². The van der Waals surface area contributed by atoms with Crippen LogP contribution in [0.3, 0.4) is 0 Å². The highest BCUT2D eigenvalue weighted by Crippen LogP contribution is 2.12. The van der Waals surface area contributed by atoms with Crippen molar-refractivity contribution >= 4 is 0 Å². The van der Waals surface area contributed by atoms with Gasteiger partial charge >= 0.3 is 0 Å². The van der Waals surface area contributed by atoms with E-state index in [-0.39, 0.29) is 5.43 Å². The molecule has 3 heteroatoms. The molecule has 2 aromatic rings. The largest absolute Gasteiger partial charge is 0.321 e. The lowest BCUT2D eigenvalue weighted by Crippen LogP contribution is -2.22. The van der Waals surface area contributed by atoms with Gasteiger partial charge in [0, 0.05) is 35.8 Å². The van der Waals surface area contributed by atoms with Gasteiger partial charge in [-0.1, -0.05) is 19.1 Å².